The van der Waals surface area contributed by atoms with E-state index in [1.807, 2.05) is 0 Å². The molecule has 6 aromatic rings. The highest BCUT2D eigenvalue weighted by molar-refractivity contribution is 6.14. The number of aliphatic imine (C=N–C) groups is 2. The van der Waals surface area contributed by atoms with Crippen molar-refractivity contribution in [2.75, 3.05) is 0 Å². The molecule has 49 heavy (non-hydrogen) atoms. The highest BCUT2D eigenvalue weighted by Gasteiger charge is 2.36. The van der Waals surface area contributed by atoms with Crippen LogP contribution in [0.1, 0.15) is 86.9 Å². The Labute approximate surface area is 291 Å². The number of benzene rings is 6. The van der Waals surface area contributed by atoms with Crippen LogP contribution in [0.2, 0.25) is 0 Å². The molecule has 6 aromatic carbocycles. The van der Waals surface area contributed by atoms with Gasteiger partial charge >= 0.3 is 0 Å². The third-order valence-electron chi connectivity index (χ3n) is 11.3. The Bertz CT molecular complexity index is 2320. The molecular formula is C47H44N2. The van der Waals surface area contributed by atoms with Crippen molar-refractivity contribution in [3.8, 4) is 22.3 Å². The Morgan fingerprint density at radius 2 is 1.10 bits per heavy atom. The molecule has 2 aliphatic carbocycles. The molecule has 1 atom stereocenters. The first-order valence-corrected chi connectivity index (χ1v) is 17.8. The second-order valence-electron chi connectivity index (χ2n) is 15.0. The standard InChI is InChI=1S/C47H44N2/c1-7-30(2)44(34-22-21-32-14-8-9-15-33(32)27-34)49-45(35-23-25-39-37-17-11-13-19-41(37)47(5,6)43(39)28-35)48-29-31-20-24-38-36-16-10-12-18-40(36)46(3,4)42(38)26-31/h8-28,30H,7,29H2,1-6H3. The first-order valence-electron chi connectivity index (χ1n) is 17.8. The topological polar surface area (TPSA) is 24.7 Å². The molecule has 2 nitrogen and oxygen atoms in total. The van der Waals surface area contributed by atoms with E-state index in [0.29, 0.717) is 6.54 Å². The third kappa shape index (κ3) is 5.17. The normalized spacial score (nSPS) is 16.2. The maximum Gasteiger partial charge on any atom is 0.155 e. The van der Waals surface area contributed by atoms with Crippen molar-refractivity contribution in [2.45, 2.75) is 65.3 Å². The van der Waals surface area contributed by atoms with E-state index in [2.05, 4.69) is 169 Å². The van der Waals surface area contributed by atoms with E-state index in [1.54, 1.807) is 0 Å². The van der Waals surface area contributed by atoms with Gasteiger partial charge in [0.25, 0.3) is 0 Å². The minimum absolute atomic E-state index is 0.0486. The van der Waals surface area contributed by atoms with Crippen LogP contribution < -0.4 is 0 Å². The minimum Gasteiger partial charge on any atom is -0.261 e. The molecule has 0 spiro atoms. The monoisotopic (exact) mass is 636 g/mol. The van der Waals surface area contributed by atoms with Gasteiger partial charge in [-0.1, -0.05) is 157 Å². The number of rotatable bonds is 6. The summed E-state index contributed by atoms with van der Waals surface area (Å²) in [6.45, 7) is 14.5. The zero-order valence-electron chi connectivity index (χ0n) is 29.5. The van der Waals surface area contributed by atoms with Crippen molar-refractivity contribution in [2.24, 2.45) is 15.9 Å². The zero-order valence-corrected chi connectivity index (χ0v) is 29.5. The summed E-state index contributed by atoms with van der Waals surface area (Å²) in [5.74, 6) is 1.06. The fraction of sp³-hybridized carbons (Fsp3) is 0.234. The molecule has 0 bridgehead atoms. The molecular weight excluding hydrogens is 593 g/mol. The highest BCUT2D eigenvalue weighted by atomic mass is 14.9. The summed E-state index contributed by atoms with van der Waals surface area (Å²) in [6, 6.07) is 46.8. The largest absolute Gasteiger partial charge is 0.261 e. The summed E-state index contributed by atoms with van der Waals surface area (Å²) in [5.41, 5.74) is 15.2. The smallest absolute Gasteiger partial charge is 0.155 e. The summed E-state index contributed by atoms with van der Waals surface area (Å²) in [6.07, 6.45) is 0.992. The van der Waals surface area contributed by atoms with Crippen molar-refractivity contribution in [3.63, 3.8) is 0 Å². The second-order valence-corrected chi connectivity index (χ2v) is 15.0. The molecule has 0 aliphatic heterocycles. The van der Waals surface area contributed by atoms with Crippen LogP contribution in [0.15, 0.2) is 137 Å². The van der Waals surface area contributed by atoms with E-state index < -0.39 is 0 Å². The quantitative estimate of drug-likeness (QED) is 0.128. The van der Waals surface area contributed by atoms with Crippen molar-refractivity contribution in [1.82, 2.24) is 0 Å². The molecule has 0 saturated heterocycles. The number of hydrogen-bond donors (Lipinski definition) is 0. The Morgan fingerprint density at radius 3 is 1.78 bits per heavy atom. The Hall–Kier alpha value is -5.08. The van der Waals surface area contributed by atoms with Crippen LogP contribution in [0.4, 0.5) is 0 Å². The fourth-order valence-corrected chi connectivity index (χ4v) is 8.17. The van der Waals surface area contributed by atoms with Gasteiger partial charge in [0.2, 0.25) is 0 Å². The molecule has 2 aliphatic rings. The summed E-state index contributed by atoms with van der Waals surface area (Å²) >= 11 is 0. The molecule has 8 rings (SSSR count). The van der Waals surface area contributed by atoms with E-state index in [1.165, 1.54) is 60.8 Å². The fourth-order valence-electron chi connectivity index (χ4n) is 8.17. The van der Waals surface area contributed by atoms with Crippen LogP contribution in [0.3, 0.4) is 0 Å². The van der Waals surface area contributed by atoms with Gasteiger partial charge in [-0.05, 0) is 90.9 Å². The lowest BCUT2D eigenvalue weighted by Gasteiger charge is -2.22. The third-order valence-corrected chi connectivity index (χ3v) is 11.3. The lowest BCUT2D eigenvalue weighted by atomic mass is 9.82. The molecule has 0 heterocycles. The van der Waals surface area contributed by atoms with Crippen LogP contribution >= 0.6 is 0 Å². The molecule has 0 fully saturated rings. The molecule has 0 amide bonds. The highest BCUT2D eigenvalue weighted by Crippen LogP contribution is 2.50. The summed E-state index contributed by atoms with van der Waals surface area (Å²) < 4.78 is 0. The predicted octanol–water partition coefficient (Wildman–Crippen LogP) is 11.9. The van der Waals surface area contributed by atoms with Gasteiger partial charge in [0, 0.05) is 16.4 Å². The number of amidine groups is 1. The van der Waals surface area contributed by atoms with Gasteiger partial charge < -0.3 is 0 Å². The van der Waals surface area contributed by atoms with E-state index in [-0.39, 0.29) is 16.7 Å². The van der Waals surface area contributed by atoms with Crippen LogP contribution in [0, 0.1) is 5.92 Å². The van der Waals surface area contributed by atoms with Crippen molar-refractivity contribution < 1.29 is 0 Å². The van der Waals surface area contributed by atoms with E-state index in [9.17, 15) is 0 Å². The first kappa shape index (κ1) is 31.2. The number of nitrogens with zero attached hydrogens (tertiary/aromatic N) is 2. The zero-order chi connectivity index (χ0) is 33.9. The van der Waals surface area contributed by atoms with Gasteiger partial charge in [0.1, 0.15) is 0 Å². The molecule has 0 saturated carbocycles. The van der Waals surface area contributed by atoms with Crippen molar-refractivity contribution in [3.05, 3.63) is 166 Å². The first-order chi connectivity index (χ1) is 23.7. The van der Waals surface area contributed by atoms with Gasteiger partial charge in [-0.15, -0.1) is 0 Å². The second kappa shape index (κ2) is 11.8. The average Bonchev–Trinajstić information content (AvgIpc) is 3.50. The Balaban J connectivity index is 1.26. The minimum atomic E-state index is -0.102. The van der Waals surface area contributed by atoms with Gasteiger partial charge in [-0.3, -0.25) is 4.99 Å². The summed E-state index contributed by atoms with van der Waals surface area (Å²) in [4.78, 5) is 10.9. The molecule has 0 radical (unpaired) electrons. The maximum atomic E-state index is 5.53. The van der Waals surface area contributed by atoms with Gasteiger partial charge in [0.15, 0.2) is 5.84 Å². The maximum absolute atomic E-state index is 5.53. The van der Waals surface area contributed by atoms with Gasteiger partial charge in [-0.2, -0.15) is 0 Å². The van der Waals surface area contributed by atoms with Crippen LogP contribution in [-0.2, 0) is 17.4 Å². The SMILES string of the molecule is CCC(C)C(=NC(=NCc1ccc2c(c1)C(C)(C)c1ccccc1-2)c1ccc2c(c1)C(C)(C)c1ccccc1-2)c1ccc2ccccc2c1. The van der Waals surface area contributed by atoms with E-state index >= 15 is 0 Å². The molecule has 242 valence electrons. The molecule has 0 aromatic heterocycles. The average molecular weight is 637 g/mol. The Morgan fingerprint density at radius 1 is 0.551 bits per heavy atom. The Kier molecular flexibility index (Phi) is 7.52. The summed E-state index contributed by atoms with van der Waals surface area (Å²) in [5, 5.41) is 2.47. The van der Waals surface area contributed by atoms with Crippen LogP contribution in [0.5, 0.6) is 0 Å². The van der Waals surface area contributed by atoms with Crippen LogP contribution in [0.25, 0.3) is 33.0 Å². The van der Waals surface area contributed by atoms with E-state index in [0.717, 1.165) is 29.1 Å². The molecule has 0 N–H and O–H groups in total. The van der Waals surface area contributed by atoms with Crippen molar-refractivity contribution in [1.29, 1.82) is 0 Å². The lowest BCUT2D eigenvalue weighted by Crippen LogP contribution is -2.17. The van der Waals surface area contributed by atoms with Crippen molar-refractivity contribution >= 4 is 22.3 Å². The molecule has 1 unspecified atom stereocenters. The van der Waals surface area contributed by atoms with Crippen LogP contribution in [-0.4, -0.2) is 11.5 Å². The van der Waals surface area contributed by atoms with Gasteiger partial charge in [0.05, 0.1) is 12.3 Å². The molecule has 2 heteroatoms. The number of hydrogen-bond acceptors (Lipinski definition) is 1. The predicted molar refractivity (Wildman–Crippen MR) is 208 cm³/mol. The van der Waals surface area contributed by atoms with E-state index in [4.69, 9.17) is 9.98 Å². The lowest BCUT2D eigenvalue weighted by molar-refractivity contribution is 0.659. The summed E-state index contributed by atoms with van der Waals surface area (Å²) in [7, 11) is 0. The van der Waals surface area contributed by atoms with Gasteiger partial charge in [-0.25, -0.2) is 4.99 Å². The number of fused-ring (bicyclic) bond motifs is 7.